The first kappa shape index (κ1) is 26.2. The number of fused-ring (bicyclic) bond motifs is 2. The van der Waals surface area contributed by atoms with E-state index in [9.17, 15) is 21.4 Å². The minimum absolute atomic E-state index is 0. The van der Waals surface area contributed by atoms with Gasteiger partial charge in [0.2, 0.25) is 0 Å². The molecule has 6 nitrogen and oxygen atoms in total. The maximum atomic E-state index is 11.9. The Labute approximate surface area is 209 Å². The summed E-state index contributed by atoms with van der Waals surface area (Å²) in [5.74, 6) is 0. The first-order valence-corrected chi connectivity index (χ1v) is 12.0. The van der Waals surface area contributed by atoms with E-state index in [2.05, 4.69) is 6.58 Å². The third-order valence-corrected chi connectivity index (χ3v) is 6.61. The molecule has 4 aromatic rings. The van der Waals surface area contributed by atoms with Gasteiger partial charge in [0, 0.05) is 5.39 Å². The van der Waals surface area contributed by atoms with E-state index >= 15 is 0 Å². The van der Waals surface area contributed by atoms with Gasteiger partial charge in [-0.25, -0.2) is 8.42 Å². The maximum Gasteiger partial charge on any atom is 1.00 e. The first-order chi connectivity index (χ1) is 14.7. The number of rotatable bonds is 5. The molecule has 0 bridgehead atoms. The van der Waals surface area contributed by atoms with Crippen molar-refractivity contribution >= 4 is 41.8 Å². The second-order valence-corrected chi connectivity index (χ2v) is 9.37. The fraction of sp³-hybridized carbons (Fsp3) is 0.0435. The predicted molar refractivity (Wildman–Crippen MR) is 119 cm³/mol. The number of benzene rings is 4. The summed E-state index contributed by atoms with van der Waals surface area (Å²) in [6.07, 6.45) is 1.41. The molecule has 0 spiro atoms. The zero-order valence-corrected chi connectivity index (χ0v) is 21.0. The van der Waals surface area contributed by atoms with Crippen LogP contribution in [0.15, 0.2) is 107 Å². The van der Waals surface area contributed by atoms with Gasteiger partial charge in [-0.2, -0.15) is 8.42 Å². The topological polar surface area (TPSA) is 101 Å². The second-order valence-electron chi connectivity index (χ2n) is 6.44. The molecule has 0 aliphatic heterocycles. The van der Waals surface area contributed by atoms with Crippen LogP contribution in [0.1, 0.15) is 0 Å². The van der Waals surface area contributed by atoms with Crippen LogP contribution in [0.3, 0.4) is 0 Å². The Hall–Kier alpha value is -2.04. The molecule has 0 radical (unpaired) electrons. The van der Waals surface area contributed by atoms with Crippen LogP contribution < -0.4 is 29.6 Å². The van der Waals surface area contributed by atoms with Gasteiger partial charge < -0.3 is 4.55 Å². The molecule has 0 N–H and O–H groups in total. The van der Waals surface area contributed by atoms with Gasteiger partial charge in [0.25, 0.3) is 10.1 Å². The Morgan fingerprint density at radius 3 is 1.66 bits per heavy atom. The van der Waals surface area contributed by atoms with Crippen LogP contribution in [0.25, 0.3) is 21.5 Å². The smallest absolute Gasteiger partial charge is 0.744 e. The van der Waals surface area contributed by atoms with Crippen molar-refractivity contribution in [1.29, 1.82) is 0 Å². The molecule has 0 aliphatic rings. The van der Waals surface area contributed by atoms with Crippen LogP contribution >= 0.6 is 0 Å². The van der Waals surface area contributed by atoms with Crippen molar-refractivity contribution in [2.45, 2.75) is 9.79 Å². The molecule has 0 saturated carbocycles. The Balaban J connectivity index is 0.000000224. The van der Waals surface area contributed by atoms with Crippen molar-refractivity contribution in [2.75, 3.05) is 6.61 Å². The van der Waals surface area contributed by atoms with Gasteiger partial charge in [-0.05, 0) is 28.3 Å². The molecule has 4 rings (SSSR count). The van der Waals surface area contributed by atoms with Crippen molar-refractivity contribution in [2.24, 2.45) is 0 Å². The van der Waals surface area contributed by atoms with E-state index in [1.54, 1.807) is 60.7 Å². The van der Waals surface area contributed by atoms with E-state index in [-0.39, 0.29) is 46.0 Å². The Bertz CT molecular complexity index is 1440. The van der Waals surface area contributed by atoms with E-state index < -0.39 is 20.2 Å². The molecule has 9 heteroatoms. The van der Waals surface area contributed by atoms with Crippen LogP contribution in [0.2, 0.25) is 0 Å². The minimum Gasteiger partial charge on any atom is -0.744 e. The number of hydrogen-bond donors (Lipinski definition) is 0. The fourth-order valence-corrected chi connectivity index (χ4v) is 4.83. The molecule has 32 heavy (non-hydrogen) atoms. The van der Waals surface area contributed by atoms with Crippen molar-refractivity contribution in [3.05, 3.63) is 97.6 Å². The van der Waals surface area contributed by atoms with Crippen molar-refractivity contribution in [3.8, 4) is 0 Å². The van der Waals surface area contributed by atoms with Gasteiger partial charge in [-0.1, -0.05) is 78.9 Å². The first-order valence-electron chi connectivity index (χ1n) is 9.16. The van der Waals surface area contributed by atoms with Crippen LogP contribution in [0, 0.1) is 0 Å². The Kier molecular flexibility index (Phi) is 9.18. The summed E-state index contributed by atoms with van der Waals surface area (Å²) in [5, 5.41) is 2.77. The molecule has 0 saturated heterocycles. The summed E-state index contributed by atoms with van der Waals surface area (Å²) in [7, 11) is -8.10. The largest absolute Gasteiger partial charge is 1.00 e. The zero-order valence-electron chi connectivity index (χ0n) is 17.3. The summed E-state index contributed by atoms with van der Waals surface area (Å²) >= 11 is 0. The summed E-state index contributed by atoms with van der Waals surface area (Å²) < 4.78 is 61.4. The van der Waals surface area contributed by atoms with Gasteiger partial charge in [0.05, 0.1) is 11.5 Å². The molecule has 0 atom stereocenters. The standard InChI is InChI=1S/C13H12O3S.C10H8O3S.Na/c1-2-10-16-17(14,15)13-9-5-7-11-6-3-4-8-12(11)13;11-14(12,13)10-7-3-5-8-4-1-2-6-9(8)10;/h2-9H,1,10H2;1-7H,(H,11,12,13);/q;;+1/p-1. The maximum absolute atomic E-state index is 11.9. The Morgan fingerprint density at radius 2 is 1.16 bits per heavy atom. The summed E-state index contributed by atoms with van der Waals surface area (Å²) in [5.41, 5.74) is 0. The van der Waals surface area contributed by atoms with Crippen molar-refractivity contribution in [3.63, 3.8) is 0 Å². The molecule has 0 aliphatic carbocycles. The molecule has 0 heterocycles. The van der Waals surface area contributed by atoms with E-state index in [1.165, 1.54) is 12.1 Å². The second kappa shape index (κ2) is 11.2. The van der Waals surface area contributed by atoms with Crippen LogP contribution in [-0.2, 0) is 24.4 Å². The molecule has 160 valence electrons. The van der Waals surface area contributed by atoms with Crippen LogP contribution in [0.4, 0.5) is 0 Å². The quantitative estimate of drug-likeness (QED) is 0.186. The summed E-state index contributed by atoms with van der Waals surface area (Å²) in [6, 6.07) is 23.9. The van der Waals surface area contributed by atoms with Gasteiger partial charge in [0.1, 0.15) is 15.0 Å². The van der Waals surface area contributed by atoms with Crippen molar-refractivity contribution < 1.29 is 55.1 Å². The molecule has 0 unspecified atom stereocenters. The van der Waals surface area contributed by atoms with Crippen LogP contribution in [0.5, 0.6) is 0 Å². The average molecular weight is 479 g/mol. The van der Waals surface area contributed by atoms with Gasteiger partial charge in [-0.3, -0.25) is 4.18 Å². The van der Waals surface area contributed by atoms with E-state index in [1.807, 2.05) is 18.2 Å². The van der Waals surface area contributed by atoms with E-state index in [4.69, 9.17) is 4.18 Å². The number of hydrogen-bond acceptors (Lipinski definition) is 6. The average Bonchev–Trinajstić information content (AvgIpc) is 2.76. The molecule has 4 aromatic carbocycles. The van der Waals surface area contributed by atoms with Gasteiger partial charge >= 0.3 is 29.6 Å². The SMILES string of the molecule is C=CCOS(=O)(=O)c1cccc2ccccc12.O=S(=O)([O-])c1cccc2ccccc12.[Na+]. The molecular weight excluding hydrogens is 459 g/mol. The van der Waals surface area contributed by atoms with Crippen molar-refractivity contribution in [1.82, 2.24) is 0 Å². The third-order valence-electron chi connectivity index (χ3n) is 4.38. The fourth-order valence-electron chi connectivity index (χ4n) is 3.03. The molecule has 0 aromatic heterocycles. The molecule has 0 fully saturated rings. The molecule has 0 amide bonds. The van der Waals surface area contributed by atoms with E-state index in [0.29, 0.717) is 10.8 Å². The zero-order chi connectivity index (χ0) is 22.5. The minimum atomic E-state index is -4.38. The predicted octanol–water partition coefficient (Wildman–Crippen LogP) is 1.48. The van der Waals surface area contributed by atoms with E-state index in [0.717, 1.165) is 10.8 Å². The third kappa shape index (κ3) is 6.26. The molecular formula is C23H19NaO6S2. The van der Waals surface area contributed by atoms with Gasteiger partial charge in [-0.15, -0.1) is 6.58 Å². The summed E-state index contributed by atoms with van der Waals surface area (Å²) in [4.78, 5) is 0.0352. The Morgan fingerprint density at radius 1 is 0.719 bits per heavy atom. The van der Waals surface area contributed by atoms with Gasteiger partial charge in [0.15, 0.2) is 0 Å². The normalized spacial score (nSPS) is 11.3. The monoisotopic (exact) mass is 478 g/mol. The van der Waals surface area contributed by atoms with Crippen LogP contribution in [-0.4, -0.2) is 28.0 Å². The summed E-state index contributed by atoms with van der Waals surface area (Å²) in [6.45, 7) is 3.41.